The number of carbonyl (C=O) groups excluding carboxylic acids is 2. The summed E-state index contributed by atoms with van der Waals surface area (Å²) in [6.07, 6.45) is 0.718. The lowest BCUT2D eigenvalue weighted by Gasteiger charge is -2.15. The average Bonchev–Trinajstić information content (AvgIpc) is 3.15. The molecule has 30 heavy (non-hydrogen) atoms. The Morgan fingerprint density at radius 1 is 1.00 bits per heavy atom. The average molecular weight is 401 g/mol. The Morgan fingerprint density at radius 2 is 1.77 bits per heavy atom. The summed E-state index contributed by atoms with van der Waals surface area (Å²) in [4.78, 5) is 24.2. The molecule has 1 atom stereocenters. The van der Waals surface area contributed by atoms with Gasteiger partial charge < -0.3 is 21.1 Å². The Bertz CT molecular complexity index is 1050. The number of amides is 2. The van der Waals surface area contributed by atoms with Gasteiger partial charge in [-0.15, -0.1) is 0 Å². The van der Waals surface area contributed by atoms with Gasteiger partial charge in [0.2, 0.25) is 11.8 Å². The molecule has 1 heterocycles. The Labute approximate surface area is 175 Å². The van der Waals surface area contributed by atoms with E-state index in [9.17, 15) is 9.59 Å². The maximum absolute atomic E-state index is 12.6. The number of hydrogen-bond donors (Lipinski definition) is 3. The highest BCUT2D eigenvalue weighted by Gasteiger charge is 2.22. The standard InChI is InChI=1S/C24H23N3O3/c25-20(24(29)26-21-8-4-7-18-14-22(28)27-23(18)21)13-16-9-11-19(12-10-16)30-15-17-5-2-1-3-6-17/h1-12,20H,13-15,25H2,(H,26,29)(H,27,28)/t20-/m0/s1. The van der Waals surface area contributed by atoms with Crippen LogP contribution in [0.4, 0.5) is 11.4 Å². The minimum absolute atomic E-state index is 0.0782. The highest BCUT2D eigenvalue weighted by atomic mass is 16.5. The first-order chi connectivity index (χ1) is 14.6. The van der Waals surface area contributed by atoms with Crippen molar-refractivity contribution in [2.75, 3.05) is 10.6 Å². The van der Waals surface area contributed by atoms with Crippen LogP contribution in [-0.2, 0) is 29.0 Å². The third-order valence-electron chi connectivity index (χ3n) is 4.99. The second-order valence-corrected chi connectivity index (χ2v) is 7.28. The predicted octanol–water partition coefficient (Wildman–Crippen LogP) is 3.27. The zero-order valence-corrected chi connectivity index (χ0v) is 16.4. The van der Waals surface area contributed by atoms with E-state index in [0.29, 0.717) is 30.8 Å². The van der Waals surface area contributed by atoms with Gasteiger partial charge in [0.25, 0.3) is 0 Å². The fourth-order valence-corrected chi connectivity index (χ4v) is 3.39. The topological polar surface area (TPSA) is 93.4 Å². The van der Waals surface area contributed by atoms with Gasteiger partial charge in [-0.3, -0.25) is 9.59 Å². The first-order valence-corrected chi connectivity index (χ1v) is 9.82. The molecular weight excluding hydrogens is 378 g/mol. The van der Waals surface area contributed by atoms with Crippen LogP contribution in [0.3, 0.4) is 0 Å². The number of ether oxygens (including phenoxy) is 1. The molecule has 0 saturated heterocycles. The van der Waals surface area contributed by atoms with Gasteiger partial charge in [-0.25, -0.2) is 0 Å². The normalized spacial score (nSPS) is 13.3. The molecule has 0 aliphatic carbocycles. The number of benzene rings is 3. The van der Waals surface area contributed by atoms with Crippen molar-refractivity contribution >= 4 is 23.2 Å². The van der Waals surface area contributed by atoms with E-state index < -0.39 is 6.04 Å². The molecule has 2 amide bonds. The zero-order chi connectivity index (χ0) is 20.9. The van der Waals surface area contributed by atoms with Gasteiger partial charge >= 0.3 is 0 Å². The van der Waals surface area contributed by atoms with Crippen molar-refractivity contribution in [2.24, 2.45) is 5.73 Å². The molecule has 4 N–H and O–H groups in total. The molecule has 0 aromatic heterocycles. The fraction of sp³-hybridized carbons (Fsp3) is 0.167. The summed E-state index contributed by atoms with van der Waals surface area (Å²) in [5.41, 5.74) is 10.3. The molecule has 0 saturated carbocycles. The molecule has 1 aliphatic heterocycles. The van der Waals surface area contributed by atoms with Gasteiger partial charge in [-0.05, 0) is 41.3 Å². The van der Waals surface area contributed by atoms with E-state index in [1.807, 2.05) is 66.7 Å². The van der Waals surface area contributed by atoms with Crippen LogP contribution in [0.15, 0.2) is 72.8 Å². The van der Waals surface area contributed by atoms with Crippen molar-refractivity contribution < 1.29 is 14.3 Å². The molecule has 0 fully saturated rings. The molecule has 152 valence electrons. The molecule has 6 heteroatoms. The van der Waals surface area contributed by atoms with Crippen LogP contribution in [-0.4, -0.2) is 17.9 Å². The van der Waals surface area contributed by atoms with Crippen molar-refractivity contribution in [2.45, 2.75) is 25.5 Å². The highest BCUT2D eigenvalue weighted by Crippen LogP contribution is 2.31. The first kappa shape index (κ1) is 19.7. The second-order valence-electron chi connectivity index (χ2n) is 7.28. The number of rotatable bonds is 7. The molecule has 0 spiro atoms. The van der Waals surface area contributed by atoms with Crippen molar-refractivity contribution in [3.63, 3.8) is 0 Å². The maximum Gasteiger partial charge on any atom is 0.241 e. The molecule has 0 bridgehead atoms. The first-order valence-electron chi connectivity index (χ1n) is 9.82. The minimum Gasteiger partial charge on any atom is -0.489 e. The van der Waals surface area contributed by atoms with Gasteiger partial charge in [0.05, 0.1) is 23.8 Å². The lowest BCUT2D eigenvalue weighted by atomic mass is 10.1. The van der Waals surface area contributed by atoms with Crippen LogP contribution in [0.5, 0.6) is 5.75 Å². The van der Waals surface area contributed by atoms with Crippen LogP contribution < -0.4 is 21.1 Å². The van der Waals surface area contributed by atoms with Crippen LogP contribution in [0.25, 0.3) is 0 Å². The van der Waals surface area contributed by atoms with Crippen molar-refractivity contribution in [3.05, 3.63) is 89.5 Å². The van der Waals surface area contributed by atoms with Crippen LogP contribution in [0.2, 0.25) is 0 Å². The van der Waals surface area contributed by atoms with Crippen LogP contribution in [0, 0.1) is 0 Å². The zero-order valence-electron chi connectivity index (χ0n) is 16.4. The number of fused-ring (bicyclic) bond motifs is 1. The fourth-order valence-electron chi connectivity index (χ4n) is 3.39. The summed E-state index contributed by atoms with van der Waals surface area (Å²) in [6, 6.07) is 22.3. The predicted molar refractivity (Wildman–Crippen MR) is 116 cm³/mol. The molecular formula is C24H23N3O3. The summed E-state index contributed by atoms with van der Waals surface area (Å²) >= 11 is 0. The third kappa shape index (κ3) is 4.67. The van der Waals surface area contributed by atoms with Crippen molar-refractivity contribution in [1.82, 2.24) is 0 Å². The highest BCUT2D eigenvalue weighted by molar-refractivity contribution is 6.06. The van der Waals surface area contributed by atoms with E-state index in [0.717, 1.165) is 22.4 Å². The Balaban J connectivity index is 1.32. The van der Waals surface area contributed by atoms with E-state index in [1.165, 1.54) is 0 Å². The van der Waals surface area contributed by atoms with Gasteiger partial charge in [0, 0.05) is 0 Å². The third-order valence-corrected chi connectivity index (χ3v) is 4.99. The summed E-state index contributed by atoms with van der Waals surface area (Å²) in [5.74, 6) is 0.385. The lowest BCUT2D eigenvalue weighted by Crippen LogP contribution is -2.37. The summed E-state index contributed by atoms with van der Waals surface area (Å²) in [5, 5.41) is 5.61. The molecule has 0 radical (unpaired) electrons. The number of nitrogens with one attached hydrogen (secondary N) is 2. The minimum atomic E-state index is -0.714. The van der Waals surface area contributed by atoms with E-state index in [4.69, 9.17) is 10.5 Å². The molecule has 4 rings (SSSR count). The molecule has 1 aliphatic rings. The van der Waals surface area contributed by atoms with Crippen LogP contribution in [0.1, 0.15) is 16.7 Å². The van der Waals surface area contributed by atoms with E-state index in [-0.39, 0.29) is 11.8 Å². The van der Waals surface area contributed by atoms with Crippen molar-refractivity contribution in [3.8, 4) is 5.75 Å². The van der Waals surface area contributed by atoms with E-state index in [2.05, 4.69) is 10.6 Å². The van der Waals surface area contributed by atoms with Crippen molar-refractivity contribution in [1.29, 1.82) is 0 Å². The Kier molecular flexibility index (Phi) is 5.77. The van der Waals surface area contributed by atoms with E-state index in [1.54, 1.807) is 6.07 Å². The Hall–Kier alpha value is -3.64. The number of carbonyl (C=O) groups is 2. The number of anilines is 2. The largest absolute Gasteiger partial charge is 0.489 e. The summed E-state index contributed by atoms with van der Waals surface area (Å²) in [7, 11) is 0. The van der Waals surface area contributed by atoms with Crippen LogP contribution >= 0.6 is 0 Å². The number of para-hydroxylation sites is 1. The SMILES string of the molecule is N[C@@H](Cc1ccc(OCc2ccccc2)cc1)C(=O)Nc1cccc2c1NC(=O)C2. The summed E-state index contributed by atoms with van der Waals surface area (Å²) < 4.78 is 5.78. The smallest absolute Gasteiger partial charge is 0.241 e. The van der Waals surface area contributed by atoms with Gasteiger partial charge in [0.1, 0.15) is 12.4 Å². The maximum atomic E-state index is 12.6. The molecule has 3 aromatic carbocycles. The monoisotopic (exact) mass is 401 g/mol. The van der Waals surface area contributed by atoms with Gasteiger partial charge in [0.15, 0.2) is 0 Å². The quantitative estimate of drug-likeness (QED) is 0.566. The van der Waals surface area contributed by atoms with Gasteiger partial charge in [-0.2, -0.15) is 0 Å². The number of nitrogens with two attached hydrogens (primary N) is 1. The lowest BCUT2D eigenvalue weighted by molar-refractivity contribution is -0.117. The molecule has 3 aromatic rings. The second kappa shape index (κ2) is 8.80. The number of hydrogen-bond acceptors (Lipinski definition) is 4. The van der Waals surface area contributed by atoms with Gasteiger partial charge in [-0.1, -0.05) is 54.6 Å². The molecule has 0 unspecified atom stereocenters. The molecule has 6 nitrogen and oxygen atoms in total. The summed E-state index contributed by atoms with van der Waals surface area (Å²) in [6.45, 7) is 0.500. The Morgan fingerprint density at radius 3 is 2.53 bits per heavy atom. The van der Waals surface area contributed by atoms with E-state index >= 15 is 0 Å².